The van der Waals surface area contributed by atoms with E-state index in [9.17, 15) is 9.59 Å². The highest BCUT2D eigenvalue weighted by molar-refractivity contribution is 9.10. The Balaban J connectivity index is 1.54. The molecular formula is C28H24BrNO2. The van der Waals surface area contributed by atoms with Crippen LogP contribution in [0.1, 0.15) is 65.8 Å². The van der Waals surface area contributed by atoms with E-state index in [-0.39, 0.29) is 35.5 Å². The van der Waals surface area contributed by atoms with Crippen molar-refractivity contribution >= 4 is 33.4 Å². The number of anilines is 1. The van der Waals surface area contributed by atoms with Gasteiger partial charge in [0.2, 0.25) is 11.8 Å². The molecular weight excluding hydrogens is 462 g/mol. The average Bonchev–Trinajstić information content (AvgIpc) is 3.09. The Bertz CT molecular complexity index is 1260. The Morgan fingerprint density at radius 2 is 1.38 bits per heavy atom. The topological polar surface area (TPSA) is 37.4 Å². The van der Waals surface area contributed by atoms with E-state index in [1.165, 1.54) is 32.7 Å². The molecule has 1 heterocycles. The molecule has 0 aromatic heterocycles. The summed E-state index contributed by atoms with van der Waals surface area (Å²) in [5.74, 6) is -0.489. The van der Waals surface area contributed by atoms with Gasteiger partial charge in [-0.2, -0.15) is 0 Å². The maximum Gasteiger partial charge on any atom is 0.238 e. The van der Waals surface area contributed by atoms with Crippen LogP contribution in [0.25, 0.3) is 0 Å². The zero-order valence-electron chi connectivity index (χ0n) is 18.1. The summed E-state index contributed by atoms with van der Waals surface area (Å²) in [6.45, 7) is 4.45. The van der Waals surface area contributed by atoms with Crippen molar-refractivity contribution in [3.63, 3.8) is 0 Å². The predicted molar refractivity (Wildman–Crippen MR) is 129 cm³/mol. The van der Waals surface area contributed by atoms with Crippen LogP contribution < -0.4 is 4.90 Å². The van der Waals surface area contributed by atoms with Gasteiger partial charge in [-0.3, -0.25) is 9.59 Å². The van der Waals surface area contributed by atoms with E-state index in [1.54, 1.807) is 0 Å². The van der Waals surface area contributed by atoms with Crippen LogP contribution in [-0.2, 0) is 9.59 Å². The van der Waals surface area contributed by atoms with Crippen molar-refractivity contribution in [2.45, 2.75) is 38.0 Å². The van der Waals surface area contributed by atoms with Crippen LogP contribution in [-0.4, -0.2) is 11.8 Å². The monoisotopic (exact) mass is 485 g/mol. The summed E-state index contributed by atoms with van der Waals surface area (Å²) in [6, 6.07) is 22.6. The van der Waals surface area contributed by atoms with Gasteiger partial charge in [-0.25, -0.2) is 4.90 Å². The third kappa shape index (κ3) is 2.59. The van der Waals surface area contributed by atoms with Crippen LogP contribution in [0, 0.1) is 11.8 Å². The van der Waals surface area contributed by atoms with Crippen LogP contribution in [0.4, 0.5) is 5.69 Å². The Morgan fingerprint density at radius 3 is 1.97 bits per heavy atom. The molecule has 1 saturated heterocycles. The molecule has 2 bridgehead atoms. The maximum atomic E-state index is 13.8. The summed E-state index contributed by atoms with van der Waals surface area (Å²) in [4.78, 5) is 29.0. The minimum atomic E-state index is -0.342. The van der Waals surface area contributed by atoms with Gasteiger partial charge in [0.1, 0.15) is 0 Å². The van der Waals surface area contributed by atoms with Crippen LogP contribution in [0.2, 0.25) is 0 Å². The second-order valence-electron chi connectivity index (χ2n) is 9.32. The fourth-order valence-corrected chi connectivity index (χ4v) is 6.40. The summed E-state index contributed by atoms with van der Waals surface area (Å²) in [5.41, 5.74) is 6.86. The fraction of sp³-hybridized carbons (Fsp3) is 0.286. The number of imide groups is 1. The molecule has 4 aliphatic rings. The number of carbonyl (C=O) groups excluding carboxylic acids is 2. The predicted octanol–water partition coefficient (Wildman–Crippen LogP) is 6.36. The van der Waals surface area contributed by atoms with Gasteiger partial charge in [-0.15, -0.1) is 0 Å². The van der Waals surface area contributed by atoms with Crippen molar-refractivity contribution in [2.24, 2.45) is 11.8 Å². The van der Waals surface area contributed by atoms with Crippen molar-refractivity contribution in [1.29, 1.82) is 0 Å². The smallest absolute Gasteiger partial charge is 0.238 e. The second kappa shape index (κ2) is 7.14. The number of nitrogens with zero attached hydrogens (tertiary/aromatic N) is 1. The van der Waals surface area contributed by atoms with E-state index in [2.05, 4.69) is 72.2 Å². The largest absolute Gasteiger partial charge is 0.274 e. The summed E-state index contributed by atoms with van der Waals surface area (Å²) in [5, 5.41) is 0. The van der Waals surface area contributed by atoms with Crippen molar-refractivity contribution in [3.8, 4) is 0 Å². The SMILES string of the molecule is CC[C@H](C)c1ccc2c(c1)[C@@H]1c3ccccc3[C@@H]2[C@@H]2C(=O)N(c3ccc(Br)cc3)C(=O)[C@H]12. The molecule has 32 heavy (non-hydrogen) atoms. The van der Waals surface area contributed by atoms with E-state index < -0.39 is 0 Å². The van der Waals surface area contributed by atoms with Crippen LogP contribution in [0.3, 0.4) is 0 Å². The summed E-state index contributed by atoms with van der Waals surface area (Å²) >= 11 is 3.45. The molecule has 5 atom stereocenters. The van der Waals surface area contributed by atoms with Crippen LogP contribution >= 0.6 is 15.9 Å². The standard InChI is InChI=1S/C28H24BrNO2/c1-3-15(2)16-8-13-21-22(14-16)24-20-7-5-4-6-19(20)23(21)25-26(24)28(32)30(27(25)31)18-11-9-17(29)10-12-18/h4-15,23-26H,3H2,1-2H3/t15-,23-,24-,25-,26+/m0/s1. The first kappa shape index (κ1) is 19.9. The first-order chi connectivity index (χ1) is 15.5. The molecule has 0 radical (unpaired) electrons. The molecule has 0 spiro atoms. The Hall–Kier alpha value is -2.72. The lowest BCUT2D eigenvalue weighted by molar-refractivity contribution is -0.122. The van der Waals surface area contributed by atoms with Crippen LogP contribution in [0.5, 0.6) is 0 Å². The molecule has 2 amide bonds. The highest BCUT2D eigenvalue weighted by Crippen LogP contribution is 2.61. The molecule has 1 fully saturated rings. The van der Waals surface area contributed by atoms with Crippen molar-refractivity contribution < 1.29 is 9.59 Å². The summed E-state index contributed by atoms with van der Waals surface area (Å²) in [6.07, 6.45) is 1.07. The Kier molecular flexibility index (Phi) is 4.45. The van der Waals surface area contributed by atoms with Gasteiger partial charge < -0.3 is 0 Å². The molecule has 3 aliphatic carbocycles. The highest BCUT2D eigenvalue weighted by atomic mass is 79.9. The first-order valence-electron chi connectivity index (χ1n) is 11.4. The Labute approximate surface area is 196 Å². The maximum absolute atomic E-state index is 13.8. The van der Waals surface area contributed by atoms with E-state index in [0.717, 1.165) is 10.9 Å². The van der Waals surface area contributed by atoms with E-state index in [4.69, 9.17) is 0 Å². The van der Waals surface area contributed by atoms with E-state index in [1.807, 2.05) is 24.3 Å². The van der Waals surface area contributed by atoms with Crippen LogP contribution in [0.15, 0.2) is 71.2 Å². The quantitative estimate of drug-likeness (QED) is 0.404. The molecule has 1 aliphatic heterocycles. The van der Waals surface area contributed by atoms with Crippen molar-refractivity contribution in [2.75, 3.05) is 4.90 Å². The zero-order valence-corrected chi connectivity index (χ0v) is 19.7. The highest BCUT2D eigenvalue weighted by Gasteiger charge is 2.61. The number of amides is 2. The summed E-state index contributed by atoms with van der Waals surface area (Å²) in [7, 11) is 0. The summed E-state index contributed by atoms with van der Waals surface area (Å²) < 4.78 is 0.926. The van der Waals surface area contributed by atoms with E-state index >= 15 is 0 Å². The lowest BCUT2D eigenvalue weighted by Gasteiger charge is -2.46. The third-order valence-electron chi connectivity index (χ3n) is 7.83. The molecule has 160 valence electrons. The third-order valence-corrected chi connectivity index (χ3v) is 8.36. The normalized spacial score (nSPS) is 26.0. The molecule has 3 aromatic carbocycles. The van der Waals surface area contributed by atoms with E-state index in [0.29, 0.717) is 11.6 Å². The molecule has 0 unspecified atom stereocenters. The fourth-order valence-electron chi connectivity index (χ4n) is 6.13. The molecule has 0 saturated carbocycles. The number of rotatable bonds is 3. The van der Waals surface area contributed by atoms with Gasteiger partial charge in [0.05, 0.1) is 17.5 Å². The average molecular weight is 486 g/mol. The van der Waals surface area contributed by atoms with Gasteiger partial charge in [0, 0.05) is 16.3 Å². The molecule has 7 rings (SSSR count). The lowest BCUT2D eigenvalue weighted by Crippen LogP contribution is -2.41. The van der Waals surface area contributed by atoms with Gasteiger partial charge in [0.15, 0.2) is 0 Å². The number of halogens is 1. The minimum absolute atomic E-state index is 0.0635. The van der Waals surface area contributed by atoms with Gasteiger partial charge in [0.25, 0.3) is 0 Å². The van der Waals surface area contributed by atoms with Gasteiger partial charge in [-0.05, 0) is 64.4 Å². The first-order valence-corrected chi connectivity index (χ1v) is 12.2. The second-order valence-corrected chi connectivity index (χ2v) is 10.2. The number of hydrogen-bond acceptors (Lipinski definition) is 2. The molecule has 3 aromatic rings. The van der Waals surface area contributed by atoms with Crippen molar-refractivity contribution in [3.05, 3.63) is 99.0 Å². The zero-order chi connectivity index (χ0) is 22.1. The number of hydrogen-bond donors (Lipinski definition) is 0. The van der Waals surface area contributed by atoms with Gasteiger partial charge in [-0.1, -0.05) is 72.2 Å². The van der Waals surface area contributed by atoms with Crippen molar-refractivity contribution in [1.82, 2.24) is 0 Å². The molecule has 0 N–H and O–H groups in total. The molecule has 3 nitrogen and oxygen atoms in total. The number of carbonyl (C=O) groups is 2. The molecule has 4 heteroatoms. The van der Waals surface area contributed by atoms with Gasteiger partial charge >= 0.3 is 0 Å². The minimum Gasteiger partial charge on any atom is -0.274 e. The lowest BCUT2D eigenvalue weighted by atomic mass is 9.54. The Morgan fingerprint density at radius 1 is 0.812 bits per heavy atom. The number of benzene rings is 3.